The van der Waals surface area contributed by atoms with Gasteiger partial charge in [0.15, 0.2) is 0 Å². The molecule has 3 heteroatoms. The van der Waals surface area contributed by atoms with Crippen molar-refractivity contribution in [2.24, 2.45) is 5.41 Å². The number of ether oxygens (including phenoxy) is 1. The van der Waals surface area contributed by atoms with E-state index in [-0.39, 0.29) is 11.4 Å². The Hall–Kier alpha value is -0.570. The Labute approximate surface area is 100 Å². The fourth-order valence-electron chi connectivity index (χ4n) is 1.33. The molecule has 96 valence electrons. The molecule has 0 saturated heterocycles. The van der Waals surface area contributed by atoms with E-state index in [9.17, 15) is 4.79 Å². The molecule has 0 aliphatic heterocycles. The standard InChI is InChI=1S/C13H27NO2/c1-6-13(4,5)12(15)16-11-9-10-14(7-2)8-3/h6-11H2,1-5H3. The van der Waals surface area contributed by atoms with Crippen molar-refractivity contribution in [3.05, 3.63) is 0 Å². The highest BCUT2D eigenvalue weighted by atomic mass is 16.5. The maximum Gasteiger partial charge on any atom is 0.311 e. The van der Waals surface area contributed by atoms with Gasteiger partial charge in [-0.2, -0.15) is 0 Å². The molecule has 0 aromatic rings. The first kappa shape index (κ1) is 15.4. The highest BCUT2D eigenvalue weighted by Crippen LogP contribution is 2.21. The minimum Gasteiger partial charge on any atom is -0.465 e. The van der Waals surface area contributed by atoms with Gasteiger partial charge in [-0.05, 0) is 39.8 Å². The molecule has 0 aliphatic rings. The summed E-state index contributed by atoms with van der Waals surface area (Å²) in [6.45, 7) is 13.8. The second kappa shape index (κ2) is 7.66. The van der Waals surface area contributed by atoms with E-state index in [1.54, 1.807) is 0 Å². The summed E-state index contributed by atoms with van der Waals surface area (Å²) in [5, 5.41) is 0. The molecule has 0 aliphatic carbocycles. The lowest BCUT2D eigenvalue weighted by Gasteiger charge is -2.21. The molecule has 0 rings (SSSR count). The van der Waals surface area contributed by atoms with Crippen LogP contribution in [0.4, 0.5) is 0 Å². The first-order chi connectivity index (χ1) is 7.47. The van der Waals surface area contributed by atoms with Crippen LogP contribution in [0.5, 0.6) is 0 Å². The quantitative estimate of drug-likeness (QED) is 0.473. The van der Waals surface area contributed by atoms with Crippen molar-refractivity contribution in [3.8, 4) is 0 Å². The Bertz CT molecular complexity index is 198. The molecule has 16 heavy (non-hydrogen) atoms. The van der Waals surface area contributed by atoms with Crippen molar-refractivity contribution >= 4 is 5.97 Å². The SMILES string of the molecule is CCN(CC)CCCOC(=O)C(C)(C)CC. The van der Waals surface area contributed by atoms with Gasteiger partial charge in [0.25, 0.3) is 0 Å². The largest absolute Gasteiger partial charge is 0.465 e. The Morgan fingerprint density at radius 1 is 1.19 bits per heavy atom. The molecule has 0 heterocycles. The predicted octanol–water partition coefficient (Wildman–Crippen LogP) is 2.70. The summed E-state index contributed by atoms with van der Waals surface area (Å²) in [5.74, 6) is -0.0745. The molecule has 0 spiro atoms. The number of hydrogen-bond acceptors (Lipinski definition) is 3. The van der Waals surface area contributed by atoms with Gasteiger partial charge in [-0.1, -0.05) is 20.8 Å². The maximum absolute atomic E-state index is 11.6. The van der Waals surface area contributed by atoms with E-state index in [2.05, 4.69) is 18.7 Å². The highest BCUT2D eigenvalue weighted by molar-refractivity contribution is 5.75. The molecule has 0 fully saturated rings. The summed E-state index contributed by atoms with van der Waals surface area (Å²) in [7, 11) is 0. The first-order valence-corrected chi connectivity index (χ1v) is 6.37. The number of hydrogen-bond donors (Lipinski definition) is 0. The summed E-state index contributed by atoms with van der Waals surface area (Å²) in [4.78, 5) is 14.0. The number of esters is 1. The fourth-order valence-corrected chi connectivity index (χ4v) is 1.33. The zero-order valence-corrected chi connectivity index (χ0v) is 11.5. The van der Waals surface area contributed by atoms with Crippen LogP contribution in [-0.2, 0) is 9.53 Å². The van der Waals surface area contributed by atoms with E-state index < -0.39 is 0 Å². The van der Waals surface area contributed by atoms with E-state index in [1.807, 2.05) is 20.8 Å². The van der Waals surface area contributed by atoms with E-state index >= 15 is 0 Å². The molecule has 0 saturated carbocycles. The minimum atomic E-state index is -0.338. The van der Waals surface area contributed by atoms with E-state index in [1.165, 1.54) is 0 Å². The van der Waals surface area contributed by atoms with Crippen LogP contribution in [0, 0.1) is 5.41 Å². The first-order valence-electron chi connectivity index (χ1n) is 6.37. The molecule has 0 radical (unpaired) electrons. The van der Waals surface area contributed by atoms with Crippen molar-refractivity contribution in [2.45, 2.75) is 47.5 Å². The minimum absolute atomic E-state index is 0.0745. The second-order valence-electron chi connectivity index (χ2n) is 4.75. The smallest absolute Gasteiger partial charge is 0.311 e. The topological polar surface area (TPSA) is 29.5 Å². The van der Waals surface area contributed by atoms with Crippen LogP contribution in [0.15, 0.2) is 0 Å². The summed E-state index contributed by atoms with van der Waals surface area (Å²) in [5.41, 5.74) is -0.338. The van der Waals surface area contributed by atoms with Gasteiger partial charge < -0.3 is 9.64 Å². The van der Waals surface area contributed by atoms with Crippen LogP contribution in [-0.4, -0.2) is 37.1 Å². The summed E-state index contributed by atoms with van der Waals surface area (Å²) in [6.07, 6.45) is 1.75. The molecule has 0 N–H and O–H groups in total. The zero-order valence-electron chi connectivity index (χ0n) is 11.5. The van der Waals surface area contributed by atoms with Gasteiger partial charge in [0, 0.05) is 6.54 Å². The monoisotopic (exact) mass is 229 g/mol. The van der Waals surface area contributed by atoms with Crippen LogP contribution in [0.25, 0.3) is 0 Å². The normalized spacial score (nSPS) is 11.9. The summed E-state index contributed by atoms with van der Waals surface area (Å²) >= 11 is 0. The van der Waals surface area contributed by atoms with Gasteiger partial charge in [0.05, 0.1) is 12.0 Å². The number of nitrogens with zero attached hydrogens (tertiary/aromatic N) is 1. The fraction of sp³-hybridized carbons (Fsp3) is 0.923. The summed E-state index contributed by atoms with van der Waals surface area (Å²) < 4.78 is 5.27. The maximum atomic E-state index is 11.6. The van der Waals surface area contributed by atoms with Crippen LogP contribution in [0.3, 0.4) is 0 Å². The van der Waals surface area contributed by atoms with Crippen LogP contribution in [0.1, 0.15) is 47.5 Å². The third-order valence-electron chi connectivity index (χ3n) is 3.18. The van der Waals surface area contributed by atoms with E-state index in [0.29, 0.717) is 6.61 Å². The van der Waals surface area contributed by atoms with Crippen molar-refractivity contribution in [3.63, 3.8) is 0 Å². The molecule has 0 aromatic heterocycles. The van der Waals surface area contributed by atoms with Crippen LogP contribution < -0.4 is 0 Å². The highest BCUT2D eigenvalue weighted by Gasteiger charge is 2.26. The number of carbonyl (C=O) groups excluding carboxylic acids is 1. The number of rotatable bonds is 8. The number of carbonyl (C=O) groups is 1. The Morgan fingerprint density at radius 3 is 2.19 bits per heavy atom. The zero-order chi connectivity index (χ0) is 12.6. The van der Waals surface area contributed by atoms with E-state index in [0.717, 1.165) is 32.5 Å². The van der Waals surface area contributed by atoms with Gasteiger partial charge in [-0.25, -0.2) is 0 Å². The molecule has 0 unspecified atom stereocenters. The van der Waals surface area contributed by atoms with Gasteiger partial charge in [-0.15, -0.1) is 0 Å². The Balaban J connectivity index is 3.71. The van der Waals surface area contributed by atoms with Gasteiger partial charge in [0.2, 0.25) is 0 Å². The average Bonchev–Trinajstić information content (AvgIpc) is 2.29. The lowest BCUT2D eigenvalue weighted by molar-refractivity contribution is -0.154. The molecular formula is C13H27NO2. The van der Waals surface area contributed by atoms with Gasteiger partial charge in [-0.3, -0.25) is 4.79 Å². The molecule has 0 amide bonds. The molecule has 0 atom stereocenters. The average molecular weight is 229 g/mol. The van der Waals surface area contributed by atoms with Crippen molar-refractivity contribution in [1.82, 2.24) is 4.90 Å². The molecule has 0 aromatic carbocycles. The van der Waals surface area contributed by atoms with Crippen LogP contribution in [0.2, 0.25) is 0 Å². The lowest BCUT2D eigenvalue weighted by atomic mass is 9.91. The Morgan fingerprint density at radius 2 is 1.75 bits per heavy atom. The molecule has 0 bridgehead atoms. The van der Waals surface area contributed by atoms with E-state index in [4.69, 9.17) is 4.74 Å². The van der Waals surface area contributed by atoms with Crippen molar-refractivity contribution in [1.29, 1.82) is 0 Å². The van der Waals surface area contributed by atoms with Crippen LogP contribution >= 0.6 is 0 Å². The summed E-state index contributed by atoms with van der Waals surface area (Å²) in [6, 6.07) is 0. The molecule has 3 nitrogen and oxygen atoms in total. The van der Waals surface area contributed by atoms with Gasteiger partial charge in [0.1, 0.15) is 0 Å². The lowest BCUT2D eigenvalue weighted by Crippen LogP contribution is -2.28. The van der Waals surface area contributed by atoms with Crippen molar-refractivity contribution in [2.75, 3.05) is 26.2 Å². The van der Waals surface area contributed by atoms with Crippen molar-refractivity contribution < 1.29 is 9.53 Å². The third-order valence-corrected chi connectivity index (χ3v) is 3.18. The predicted molar refractivity (Wildman–Crippen MR) is 67.4 cm³/mol. The molecular weight excluding hydrogens is 202 g/mol. The third kappa shape index (κ3) is 5.50. The Kier molecular flexibility index (Phi) is 7.39. The van der Waals surface area contributed by atoms with Gasteiger partial charge >= 0.3 is 5.97 Å². The second-order valence-corrected chi connectivity index (χ2v) is 4.75.